The number of likely N-dealkylation sites (N-methyl/N-ethyl adjacent to an activating group) is 1. The molecule has 0 saturated carbocycles. The van der Waals surface area contributed by atoms with Crippen molar-refractivity contribution in [1.29, 1.82) is 0 Å². The van der Waals surface area contributed by atoms with Crippen molar-refractivity contribution in [3.63, 3.8) is 0 Å². The maximum atomic E-state index is 5.45. The van der Waals surface area contributed by atoms with E-state index in [-0.39, 0.29) is 5.41 Å². The van der Waals surface area contributed by atoms with Gasteiger partial charge in [0.2, 0.25) is 0 Å². The van der Waals surface area contributed by atoms with Crippen molar-refractivity contribution in [1.82, 2.24) is 9.88 Å². The SMILES string of the molecule is CC(C)Cc1cnc2c(c1)CN(C)CC21COC1. The van der Waals surface area contributed by atoms with E-state index in [2.05, 4.69) is 38.1 Å². The predicted octanol–water partition coefficient (Wildman–Crippen LogP) is 1.99. The van der Waals surface area contributed by atoms with Gasteiger partial charge < -0.3 is 9.64 Å². The zero-order valence-corrected chi connectivity index (χ0v) is 11.6. The van der Waals surface area contributed by atoms with Crippen LogP contribution in [0, 0.1) is 5.92 Å². The van der Waals surface area contributed by atoms with Gasteiger partial charge in [-0.15, -0.1) is 0 Å². The average molecular weight is 246 g/mol. The minimum atomic E-state index is 0.179. The first-order valence-electron chi connectivity index (χ1n) is 6.84. The fourth-order valence-corrected chi connectivity index (χ4v) is 3.26. The quantitative estimate of drug-likeness (QED) is 0.798. The van der Waals surface area contributed by atoms with Crippen molar-refractivity contribution < 1.29 is 4.74 Å². The van der Waals surface area contributed by atoms with E-state index in [1.54, 1.807) is 0 Å². The molecule has 0 unspecified atom stereocenters. The molecule has 1 saturated heterocycles. The number of hydrogen-bond acceptors (Lipinski definition) is 3. The van der Waals surface area contributed by atoms with Gasteiger partial charge in [0.1, 0.15) is 0 Å². The molecule has 3 rings (SSSR count). The fourth-order valence-electron chi connectivity index (χ4n) is 3.26. The van der Waals surface area contributed by atoms with Gasteiger partial charge in [-0.1, -0.05) is 19.9 Å². The first-order chi connectivity index (χ1) is 8.59. The molecule has 1 spiro atoms. The molecule has 3 nitrogen and oxygen atoms in total. The number of pyridine rings is 1. The van der Waals surface area contributed by atoms with Crippen molar-refractivity contribution in [2.24, 2.45) is 5.92 Å². The highest BCUT2D eigenvalue weighted by Gasteiger charge is 2.46. The van der Waals surface area contributed by atoms with Gasteiger partial charge in [0.25, 0.3) is 0 Å². The van der Waals surface area contributed by atoms with Crippen molar-refractivity contribution in [2.75, 3.05) is 26.8 Å². The summed E-state index contributed by atoms with van der Waals surface area (Å²) >= 11 is 0. The molecule has 1 aromatic rings. The lowest BCUT2D eigenvalue weighted by Gasteiger charge is -2.47. The average Bonchev–Trinajstić information content (AvgIpc) is 2.24. The molecule has 3 heterocycles. The Morgan fingerprint density at radius 2 is 2.22 bits per heavy atom. The van der Waals surface area contributed by atoms with Gasteiger partial charge in [-0.05, 0) is 30.5 Å². The third kappa shape index (κ3) is 1.95. The summed E-state index contributed by atoms with van der Waals surface area (Å²) in [5.74, 6) is 0.687. The first-order valence-corrected chi connectivity index (χ1v) is 6.84. The highest BCUT2D eigenvalue weighted by atomic mass is 16.5. The highest BCUT2D eigenvalue weighted by molar-refractivity contribution is 5.36. The number of hydrogen-bond donors (Lipinski definition) is 0. The maximum Gasteiger partial charge on any atom is 0.0722 e. The molecule has 1 aromatic heterocycles. The number of ether oxygens (including phenoxy) is 1. The van der Waals surface area contributed by atoms with Crippen LogP contribution >= 0.6 is 0 Å². The van der Waals surface area contributed by atoms with Crippen LogP contribution in [0.3, 0.4) is 0 Å². The van der Waals surface area contributed by atoms with Crippen LogP contribution in [-0.2, 0) is 23.1 Å². The third-order valence-electron chi connectivity index (χ3n) is 3.94. The maximum absolute atomic E-state index is 5.45. The summed E-state index contributed by atoms with van der Waals surface area (Å²) in [6.07, 6.45) is 3.19. The Labute approximate surface area is 109 Å². The number of aromatic nitrogens is 1. The Morgan fingerprint density at radius 3 is 2.83 bits per heavy atom. The van der Waals surface area contributed by atoms with Crippen LogP contribution < -0.4 is 0 Å². The fraction of sp³-hybridized carbons (Fsp3) is 0.667. The molecular weight excluding hydrogens is 224 g/mol. The lowest BCUT2D eigenvalue weighted by molar-refractivity contribution is -0.0812. The molecule has 2 aliphatic heterocycles. The number of nitrogens with zero attached hydrogens (tertiary/aromatic N) is 2. The Hall–Kier alpha value is -0.930. The number of rotatable bonds is 2. The lowest BCUT2D eigenvalue weighted by atomic mass is 9.76. The second-order valence-electron chi connectivity index (χ2n) is 6.39. The summed E-state index contributed by atoms with van der Waals surface area (Å²) in [7, 11) is 2.19. The van der Waals surface area contributed by atoms with Gasteiger partial charge in [0, 0.05) is 19.3 Å². The summed E-state index contributed by atoms with van der Waals surface area (Å²) in [5, 5.41) is 0. The van der Waals surface area contributed by atoms with Crippen LogP contribution in [0.1, 0.15) is 30.7 Å². The molecule has 0 atom stereocenters. The van der Waals surface area contributed by atoms with Gasteiger partial charge >= 0.3 is 0 Å². The van der Waals surface area contributed by atoms with Crippen LogP contribution in [0.15, 0.2) is 12.3 Å². The standard InChI is InChI=1S/C15H22N2O/c1-11(2)4-12-5-13-7-17(3)8-15(9-18-10-15)14(13)16-6-12/h5-6,11H,4,7-10H2,1-3H3. The van der Waals surface area contributed by atoms with Crippen LogP contribution in [0.5, 0.6) is 0 Å². The molecule has 2 aliphatic rings. The molecule has 0 aliphatic carbocycles. The molecule has 18 heavy (non-hydrogen) atoms. The minimum absolute atomic E-state index is 0.179. The Balaban J connectivity index is 1.95. The number of fused-ring (bicyclic) bond motifs is 2. The van der Waals surface area contributed by atoms with Crippen LogP contribution in [-0.4, -0.2) is 36.7 Å². The van der Waals surface area contributed by atoms with E-state index in [0.717, 1.165) is 32.7 Å². The largest absolute Gasteiger partial charge is 0.379 e. The molecule has 0 aromatic carbocycles. The molecular formula is C15H22N2O. The first kappa shape index (κ1) is 12.1. The van der Waals surface area contributed by atoms with Gasteiger partial charge in [-0.3, -0.25) is 4.98 Å². The smallest absolute Gasteiger partial charge is 0.0722 e. The lowest BCUT2D eigenvalue weighted by Crippen LogP contribution is -2.57. The molecule has 0 amide bonds. The summed E-state index contributed by atoms with van der Waals surface area (Å²) in [6, 6.07) is 2.36. The van der Waals surface area contributed by atoms with Crippen LogP contribution in [0.2, 0.25) is 0 Å². The summed E-state index contributed by atoms with van der Waals surface area (Å²) in [4.78, 5) is 7.17. The van der Waals surface area contributed by atoms with E-state index in [9.17, 15) is 0 Å². The Kier molecular flexibility index (Phi) is 2.91. The monoisotopic (exact) mass is 246 g/mol. The summed E-state index contributed by atoms with van der Waals surface area (Å²) in [6.45, 7) is 8.29. The van der Waals surface area contributed by atoms with Crippen molar-refractivity contribution in [3.8, 4) is 0 Å². The van der Waals surface area contributed by atoms with Crippen LogP contribution in [0.25, 0.3) is 0 Å². The van der Waals surface area contributed by atoms with Gasteiger partial charge in [-0.25, -0.2) is 0 Å². The van der Waals surface area contributed by atoms with E-state index < -0.39 is 0 Å². The van der Waals surface area contributed by atoms with Crippen LogP contribution in [0.4, 0.5) is 0 Å². The third-order valence-corrected chi connectivity index (χ3v) is 3.94. The highest BCUT2D eigenvalue weighted by Crippen LogP contribution is 2.38. The van der Waals surface area contributed by atoms with E-state index in [1.807, 2.05) is 0 Å². The predicted molar refractivity (Wildman–Crippen MR) is 71.6 cm³/mol. The molecule has 0 radical (unpaired) electrons. The second kappa shape index (κ2) is 4.32. The van der Waals surface area contributed by atoms with Crippen molar-refractivity contribution >= 4 is 0 Å². The zero-order valence-electron chi connectivity index (χ0n) is 11.6. The minimum Gasteiger partial charge on any atom is -0.379 e. The summed E-state index contributed by atoms with van der Waals surface area (Å²) in [5.41, 5.74) is 4.25. The molecule has 0 bridgehead atoms. The van der Waals surface area contributed by atoms with E-state index >= 15 is 0 Å². The zero-order chi connectivity index (χ0) is 12.8. The van der Waals surface area contributed by atoms with E-state index in [0.29, 0.717) is 5.92 Å². The Bertz CT molecular complexity index is 452. The van der Waals surface area contributed by atoms with Gasteiger partial charge in [0.05, 0.1) is 24.3 Å². The van der Waals surface area contributed by atoms with E-state index in [4.69, 9.17) is 9.72 Å². The van der Waals surface area contributed by atoms with Gasteiger partial charge in [-0.2, -0.15) is 0 Å². The molecule has 0 N–H and O–H groups in total. The molecule has 3 heteroatoms. The Morgan fingerprint density at radius 1 is 1.44 bits per heavy atom. The van der Waals surface area contributed by atoms with E-state index in [1.165, 1.54) is 16.8 Å². The normalized spacial score (nSPS) is 22.0. The second-order valence-corrected chi connectivity index (χ2v) is 6.39. The van der Waals surface area contributed by atoms with Crippen molar-refractivity contribution in [2.45, 2.75) is 32.2 Å². The van der Waals surface area contributed by atoms with Gasteiger partial charge in [0.15, 0.2) is 0 Å². The molecule has 98 valence electrons. The molecule has 1 fully saturated rings. The topological polar surface area (TPSA) is 25.4 Å². The van der Waals surface area contributed by atoms with Crippen molar-refractivity contribution in [3.05, 3.63) is 29.1 Å². The summed E-state index contributed by atoms with van der Waals surface area (Å²) < 4.78 is 5.45.